The van der Waals surface area contributed by atoms with Crippen molar-refractivity contribution >= 4 is 0 Å². The van der Waals surface area contributed by atoms with Gasteiger partial charge in [-0.3, -0.25) is 0 Å². The average Bonchev–Trinajstić information content (AvgIpc) is 2.84. The summed E-state index contributed by atoms with van der Waals surface area (Å²) < 4.78 is 12.6. The maximum absolute atomic E-state index is 5.44. The van der Waals surface area contributed by atoms with Crippen molar-refractivity contribution in [2.24, 2.45) is 0 Å². The number of aromatic nitrogens is 1. The van der Waals surface area contributed by atoms with Crippen LogP contribution in [0.4, 0.5) is 0 Å². The number of ether oxygens (including phenoxy) is 2. The lowest BCUT2D eigenvalue weighted by atomic mass is 10.1. The highest BCUT2D eigenvalue weighted by Crippen LogP contribution is 2.16. The lowest BCUT2D eigenvalue weighted by Crippen LogP contribution is -2.14. The second-order valence-electron chi connectivity index (χ2n) is 4.39. The molecule has 0 fully saturated rings. The molecule has 0 saturated heterocycles. The van der Waals surface area contributed by atoms with Crippen LogP contribution >= 0.6 is 0 Å². The molecule has 1 rings (SSSR count). The van der Waals surface area contributed by atoms with E-state index in [1.807, 2.05) is 7.05 Å². The molecular formula is C14H26N2O2. The zero-order valence-corrected chi connectivity index (χ0v) is 11.8. The first kappa shape index (κ1) is 15.2. The van der Waals surface area contributed by atoms with E-state index in [0.29, 0.717) is 19.3 Å². The van der Waals surface area contributed by atoms with Gasteiger partial charge in [0.25, 0.3) is 0 Å². The molecule has 1 atom stereocenters. The van der Waals surface area contributed by atoms with Crippen LogP contribution in [-0.2, 0) is 16.0 Å². The van der Waals surface area contributed by atoms with E-state index in [1.165, 1.54) is 5.56 Å². The number of nitrogens with zero attached hydrogens (tertiary/aromatic N) is 1. The Bertz CT molecular complexity index is 308. The number of nitrogens with one attached hydrogen (secondary N) is 1. The molecule has 0 bridgehead atoms. The second-order valence-corrected chi connectivity index (χ2v) is 4.39. The van der Waals surface area contributed by atoms with Crippen LogP contribution in [0.3, 0.4) is 0 Å². The molecule has 1 N–H and O–H groups in total. The predicted molar refractivity (Wildman–Crippen MR) is 73.8 cm³/mol. The van der Waals surface area contributed by atoms with E-state index >= 15 is 0 Å². The minimum atomic E-state index is 0.462. The smallest absolute Gasteiger partial charge is 0.0700 e. The van der Waals surface area contributed by atoms with Gasteiger partial charge in [-0.1, -0.05) is 6.92 Å². The standard InChI is InChI=1S/C14H26N2O2/c1-4-14(15-2)13-6-8-16(12-13)7-5-9-18-11-10-17-3/h6,8,12,14-15H,4-5,7,9-11H2,1-3H3. The summed E-state index contributed by atoms with van der Waals surface area (Å²) in [7, 11) is 3.70. The van der Waals surface area contributed by atoms with Crippen molar-refractivity contribution in [3.63, 3.8) is 0 Å². The van der Waals surface area contributed by atoms with Crippen LogP contribution in [-0.4, -0.2) is 38.5 Å². The number of aryl methyl sites for hydroxylation is 1. The van der Waals surface area contributed by atoms with Gasteiger partial charge in [-0.15, -0.1) is 0 Å². The molecule has 0 aliphatic heterocycles. The molecule has 4 nitrogen and oxygen atoms in total. The molecule has 0 radical (unpaired) electrons. The van der Waals surface area contributed by atoms with E-state index in [2.05, 4.69) is 35.3 Å². The van der Waals surface area contributed by atoms with Crippen molar-refractivity contribution in [3.8, 4) is 0 Å². The average molecular weight is 254 g/mol. The third kappa shape index (κ3) is 5.21. The van der Waals surface area contributed by atoms with E-state index < -0.39 is 0 Å². The maximum atomic E-state index is 5.44. The number of hydrogen-bond acceptors (Lipinski definition) is 3. The number of hydrogen-bond donors (Lipinski definition) is 1. The van der Waals surface area contributed by atoms with Crippen LogP contribution < -0.4 is 5.32 Å². The number of methoxy groups -OCH3 is 1. The van der Waals surface area contributed by atoms with Gasteiger partial charge in [-0.2, -0.15) is 0 Å². The molecule has 0 aromatic carbocycles. The fraction of sp³-hybridized carbons (Fsp3) is 0.714. The first-order chi connectivity index (χ1) is 8.81. The Kier molecular flexibility index (Phi) is 7.73. The summed E-state index contributed by atoms with van der Waals surface area (Å²) in [6.45, 7) is 5.36. The lowest BCUT2D eigenvalue weighted by Gasteiger charge is -2.11. The van der Waals surface area contributed by atoms with Crippen LogP contribution in [0, 0.1) is 0 Å². The SMILES string of the molecule is CCC(NC)c1ccn(CCCOCCOC)c1. The molecule has 4 heteroatoms. The minimum absolute atomic E-state index is 0.462. The maximum Gasteiger partial charge on any atom is 0.0700 e. The van der Waals surface area contributed by atoms with Crippen molar-refractivity contribution < 1.29 is 9.47 Å². The van der Waals surface area contributed by atoms with Gasteiger partial charge >= 0.3 is 0 Å². The van der Waals surface area contributed by atoms with E-state index in [9.17, 15) is 0 Å². The highest BCUT2D eigenvalue weighted by molar-refractivity contribution is 5.15. The van der Waals surface area contributed by atoms with E-state index in [1.54, 1.807) is 7.11 Å². The summed E-state index contributed by atoms with van der Waals surface area (Å²) in [6, 6.07) is 2.65. The van der Waals surface area contributed by atoms with Crippen LogP contribution in [0.2, 0.25) is 0 Å². The molecule has 0 amide bonds. The van der Waals surface area contributed by atoms with Crippen LogP contribution in [0.1, 0.15) is 31.4 Å². The van der Waals surface area contributed by atoms with Gasteiger partial charge in [0.1, 0.15) is 0 Å². The molecule has 1 heterocycles. The third-order valence-electron chi connectivity index (χ3n) is 3.07. The zero-order chi connectivity index (χ0) is 13.2. The van der Waals surface area contributed by atoms with Crippen LogP contribution in [0.25, 0.3) is 0 Å². The molecule has 1 unspecified atom stereocenters. The zero-order valence-electron chi connectivity index (χ0n) is 11.8. The molecule has 0 aliphatic rings. The summed E-state index contributed by atoms with van der Waals surface area (Å²) >= 11 is 0. The van der Waals surface area contributed by atoms with Gasteiger partial charge in [-0.05, 0) is 31.5 Å². The summed E-state index contributed by atoms with van der Waals surface area (Å²) in [5.41, 5.74) is 1.36. The highest BCUT2D eigenvalue weighted by Gasteiger charge is 2.07. The lowest BCUT2D eigenvalue weighted by molar-refractivity contribution is 0.0680. The molecule has 0 saturated carbocycles. The Hall–Kier alpha value is -0.840. The number of rotatable bonds is 10. The molecule has 0 spiro atoms. The topological polar surface area (TPSA) is 35.4 Å². The molecule has 0 aliphatic carbocycles. The fourth-order valence-electron chi connectivity index (χ4n) is 2.00. The van der Waals surface area contributed by atoms with Gasteiger partial charge in [0.2, 0.25) is 0 Å². The first-order valence-corrected chi connectivity index (χ1v) is 6.71. The van der Waals surface area contributed by atoms with Crippen LogP contribution in [0.5, 0.6) is 0 Å². The summed E-state index contributed by atoms with van der Waals surface area (Å²) in [5, 5.41) is 3.32. The Labute approximate surface area is 110 Å². The summed E-state index contributed by atoms with van der Waals surface area (Å²) in [6.07, 6.45) is 6.51. The Balaban J connectivity index is 2.23. The monoisotopic (exact) mass is 254 g/mol. The van der Waals surface area contributed by atoms with Crippen molar-refractivity contribution in [2.45, 2.75) is 32.4 Å². The van der Waals surface area contributed by atoms with Gasteiger partial charge in [0, 0.05) is 38.7 Å². The van der Waals surface area contributed by atoms with Crippen molar-refractivity contribution in [2.75, 3.05) is 34.0 Å². The van der Waals surface area contributed by atoms with Gasteiger partial charge in [0.05, 0.1) is 13.2 Å². The Morgan fingerprint density at radius 2 is 2.17 bits per heavy atom. The van der Waals surface area contributed by atoms with Gasteiger partial charge in [-0.25, -0.2) is 0 Å². The van der Waals surface area contributed by atoms with E-state index in [4.69, 9.17) is 9.47 Å². The fourth-order valence-corrected chi connectivity index (χ4v) is 2.00. The summed E-state index contributed by atoms with van der Waals surface area (Å²) in [4.78, 5) is 0. The predicted octanol–water partition coefficient (Wildman–Crippen LogP) is 2.21. The van der Waals surface area contributed by atoms with E-state index in [0.717, 1.165) is 26.0 Å². The molecule has 1 aromatic heterocycles. The van der Waals surface area contributed by atoms with Crippen molar-refractivity contribution in [3.05, 3.63) is 24.0 Å². The van der Waals surface area contributed by atoms with Gasteiger partial charge < -0.3 is 19.4 Å². The third-order valence-corrected chi connectivity index (χ3v) is 3.07. The minimum Gasteiger partial charge on any atom is -0.382 e. The highest BCUT2D eigenvalue weighted by atomic mass is 16.5. The second kappa shape index (κ2) is 9.14. The summed E-state index contributed by atoms with van der Waals surface area (Å²) in [5.74, 6) is 0. The Morgan fingerprint density at radius 1 is 1.33 bits per heavy atom. The molecule has 1 aromatic rings. The molecule has 18 heavy (non-hydrogen) atoms. The van der Waals surface area contributed by atoms with Crippen molar-refractivity contribution in [1.82, 2.24) is 9.88 Å². The molecule has 104 valence electrons. The van der Waals surface area contributed by atoms with E-state index in [-0.39, 0.29) is 0 Å². The molecular weight excluding hydrogens is 228 g/mol. The first-order valence-electron chi connectivity index (χ1n) is 6.71. The van der Waals surface area contributed by atoms with Crippen molar-refractivity contribution in [1.29, 1.82) is 0 Å². The normalized spacial score (nSPS) is 12.8. The largest absolute Gasteiger partial charge is 0.382 e. The van der Waals surface area contributed by atoms with Gasteiger partial charge in [0.15, 0.2) is 0 Å². The Morgan fingerprint density at radius 3 is 2.83 bits per heavy atom. The quantitative estimate of drug-likeness (QED) is 0.650. The van der Waals surface area contributed by atoms with Crippen LogP contribution in [0.15, 0.2) is 18.5 Å².